The van der Waals surface area contributed by atoms with Gasteiger partial charge in [-0.25, -0.2) is 4.98 Å². The summed E-state index contributed by atoms with van der Waals surface area (Å²) in [5.41, 5.74) is 2.03. The van der Waals surface area contributed by atoms with E-state index >= 15 is 0 Å². The van der Waals surface area contributed by atoms with Gasteiger partial charge in [0, 0.05) is 23.5 Å². The lowest BCUT2D eigenvalue weighted by Crippen LogP contribution is -2.22. The van der Waals surface area contributed by atoms with E-state index in [1.54, 1.807) is 6.20 Å². The van der Waals surface area contributed by atoms with Gasteiger partial charge in [-0.1, -0.05) is 12.1 Å². The van der Waals surface area contributed by atoms with E-state index in [0.717, 1.165) is 28.1 Å². The Bertz CT molecular complexity index is 763. The van der Waals surface area contributed by atoms with Crippen LogP contribution in [0.2, 0.25) is 0 Å². The molecular formula is C15H17BrN6. The zero-order chi connectivity index (χ0) is 15.5. The molecule has 0 radical (unpaired) electrons. The second-order valence-electron chi connectivity index (χ2n) is 5.25. The van der Waals surface area contributed by atoms with Crippen LogP contribution in [0.5, 0.6) is 0 Å². The Morgan fingerprint density at radius 3 is 2.95 bits per heavy atom. The van der Waals surface area contributed by atoms with Crippen LogP contribution in [0, 0.1) is 6.92 Å². The summed E-state index contributed by atoms with van der Waals surface area (Å²) in [6.07, 6.45) is 3.75. The van der Waals surface area contributed by atoms with Crippen molar-refractivity contribution < 1.29 is 0 Å². The van der Waals surface area contributed by atoms with Gasteiger partial charge in [-0.3, -0.25) is 9.78 Å². The van der Waals surface area contributed by atoms with Gasteiger partial charge in [0.25, 0.3) is 0 Å². The monoisotopic (exact) mass is 360 g/mol. The highest BCUT2D eigenvalue weighted by Gasteiger charge is 2.07. The number of rotatable bonds is 5. The average molecular weight is 361 g/mol. The van der Waals surface area contributed by atoms with Gasteiger partial charge in [0.1, 0.15) is 5.82 Å². The van der Waals surface area contributed by atoms with E-state index in [0.29, 0.717) is 5.82 Å². The van der Waals surface area contributed by atoms with Gasteiger partial charge in [0.05, 0.1) is 17.2 Å². The van der Waals surface area contributed by atoms with Crippen LogP contribution < -0.4 is 5.32 Å². The summed E-state index contributed by atoms with van der Waals surface area (Å²) in [6.45, 7) is 4.80. The molecule has 22 heavy (non-hydrogen) atoms. The van der Waals surface area contributed by atoms with Gasteiger partial charge < -0.3 is 5.32 Å². The summed E-state index contributed by atoms with van der Waals surface area (Å²) in [6, 6.07) is 8.34. The molecular weight excluding hydrogens is 344 g/mol. The molecule has 0 amide bonds. The number of hydrogen-bond acceptors (Lipinski definition) is 4. The molecule has 7 heteroatoms. The Balaban J connectivity index is 1.69. The fourth-order valence-electron chi connectivity index (χ4n) is 2.27. The van der Waals surface area contributed by atoms with Gasteiger partial charge in [-0.05, 0) is 41.9 Å². The molecule has 3 aromatic rings. The van der Waals surface area contributed by atoms with Crippen LogP contribution in [0.3, 0.4) is 0 Å². The van der Waals surface area contributed by atoms with E-state index in [1.165, 1.54) is 0 Å². The molecule has 0 saturated heterocycles. The maximum absolute atomic E-state index is 4.36. The number of nitrogens with zero attached hydrogens (tertiary/aromatic N) is 4. The van der Waals surface area contributed by atoms with Crippen molar-refractivity contribution in [1.82, 2.24) is 25.0 Å². The van der Waals surface area contributed by atoms with Crippen molar-refractivity contribution in [1.29, 1.82) is 0 Å². The molecule has 2 N–H and O–H groups in total. The molecule has 0 fully saturated rings. The van der Waals surface area contributed by atoms with E-state index in [9.17, 15) is 0 Å². The first-order valence-electron chi connectivity index (χ1n) is 7.04. The quantitative estimate of drug-likeness (QED) is 0.732. The van der Waals surface area contributed by atoms with Crippen LogP contribution in [0.25, 0.3) is 11.4 Å². The van der Waals surface area contributed by atoms with Crippen LogP contribution in [0.4, 0.5) is 5.69 Å². The van der Waals surface area contributed by atoms with Gasteiger partial charge in [-0.15, -0.1) is 0 Å². The number of hydrogen-bond donors (Lipinski definition) is 2. The minimum absolute atomic E-state index is 0.246. The molecule has 3 rings (SSSR count). The average Bonchev–Trinajstić information content (AvgIpc) is 3.08. The Labute approximate surface area is 137 Å². The number of anilines is 1. The number of nitrogens with one attached hydrogen (secondary N) is 2. The van der Waals surface area contributed by atoms with Crippen LogP contribution >= 0.6 is 15.9 Å². The number of aromatic nitrogens is 5. The minimum atomic E-state index is 0.246. The topological polar surface area (TPSA) is 71.4 Å². The highest BCUT2D eigenvalue weighted by Crippen LogP contribution is 2.20. The first kappa shape index (κ1) is 14.8. The Kier molecular flexibility index (Phi) is 4.24. The van der Waals surface area contributed by atoms with E-state index in [2.05, 4.69) is 54.5 Å². The molecule has 0 aliphatic heterocycles. The fourth-order valence-corrected chi connectivity index (χ4v) is 2.60. The molecule has 0 spiro atoms. The van der Waals surface area contributed by atoms with E-state index in [1.807, 2.05) is 36.0 Å². The maximum atomic E-state index is 4.36. The number of aryl methyl sites for hydroxylation is 1. The lowest BCUT2D eigenvalue weighted by molar-refractivity contribution is 0.561. The van der Waals surface area contributed by atoms with Crippen LogP contribution in [-0.2, 0) is 6.54 Å². The number of aromatic amines is 1. The maximum Gasteiger partial charge on any atom is 0.181 e. The van der Waals surface area contributed by atoms with Crippen molar-refractivity contribution in [2.75, 3.05) is 5.32 Å². The van der Waals surface area contributed by atoms with Crippen molar-refractivity contribution in [3.05, 3.63) is 47.0 Å². The van der Waals surface area contributed by atoms with Crippen LogP contribution in [-0.4, -0.2) is 31.0 Å². The second-order valence-corrected chi connectivity index (χ2v) is 6.17. The summed E-state index contributed by atoms with van der Waals surface area (Å²) in [5.74, 6) is 1.52. The highest BCUT2D eigenvalue weighted by atomic mass is 79.9. The van der Waals surface area contributed by atoms with Crippen LogP contribution in [0.15, 0.2) is 41.1 Å². The molecule has 0 unspecified atom stereocenters. The Morgan fingerprint density at radius 2 is 2.27 bits per heavy atom. The Morgan fingerprint density at radius 1 is 1.41 bits per heavy atom. The number of halogens is 1. The standard InChI is InChI=1S/C15H17BrN6/c1-10(8-22-9-13(16)7-17-22)18-14-5-3-4-12(6-14)15-19-11(2)20-21-15/h3-7,9-10,18H,8H2,1-2H3,(H,19,20,21)/t10-/m0/s1. The number of H-pyrrole nitrogens is 1. The molecule has 1 atom stereocenters. The van der Waals surface area contributed by atoms with Crippen LogP contribution in [0.1, 0.15) is 12.7 Å². The van der Waals surface area contributed by atoms with Crippen molar-refractivity contribution >= 4 is 21.6 Å². The molecule has 2 heterocycles. The van der Waals surface area contributed by atoms with E-state index < -0.39 is 0 Å². The molecule has 0 bridgehead atoms. The molecule has 6 nitrogen and oxygen atoms in total. The van der Waals surface area contributed by atoms with Crippen molar-refractivity contribution in [2.45, 2.75) is 26.4 Å². The SMILES string of the molecule is Cc1nc(-c2cccc(N[C@@H](C)Cn3cc(Br)cn3)c2)n[nH]1. The first-order valence-corrected chi connectivity index (χ1v) is 7.83. The van der Waals surface area contributed by atoms with Crippen molar-refractivity contribution in [2.24, 2.45) is 0 Å². The smallest absolute Gasteiger partial charge is 0.181 e. The summed E-state index contributed by atoms with van der Waals surface area (Å²) >= 11 is 3.41. The third-order valence-corrected chi connectivity index (χ3v) is 3.60. The van der Waals surface area contributed by atoms with Gasteiger partial charge >= 0.3 is 0 Å². The highest BCUT2D eigenvalue weighted by molar-refractivity contribution is 9.10. The second kappa shape index (κ2) is 6.31. The lowest BCUT2D eigenvalue weighted by Gasteiger charge is -2.15. The Hall–Kier alpha value is -2.15. The summed E-state index contributed by atoms with van der Waals surface area (Å²) in [4.78, 5) is 4.36. The molecule has 0 aliphatic rings. The molecule has 0 saturated carbocycles. The number of benzene rings is 1. The summed E-state index contributed by atoms with van der Waals surface area (Å²) in [5, 5.41) is 14.8. The molecule has 0 aliphatic carbocycles. The van der Waals surface area contributed by atoms with E-state index in [-0.39, 0.29) is 6.04 Å². The van der Waals surface area contributed by atoms with Crippen molar-refractivity contribution in [3.63, 3.8) is 0 Å². The summed E-state index contributed by atoms with van der Waals surface area (Å²) in [7, 11) is 0. The van der Waals surface area contributed by atoms with Crippen molar-refractivity contribution in [3.8, 4) is 11.4 Å². The van der Waals surface area contributed by atoms with Gasteiger partial charge in [0.15, 0.2) is 5.82 Å². The molecule has 114 valence electrons. The predicted octanol–water partition coefficient (Wildman–Crippen LogP) is 3.24. The van der Waals surface area contributed by atoms with Gasteiger partial charge in [-0.2, -0.15) is 10.2 Å². The molecule has 1 aromatic carbocycles. The predicted molar refractivity (Wildman–Crippen MR) is 89.6 cm³/mol. The zero-order valence-corrected chi connectivity index (χ0v) is 14.0. The first-order chi connectivity index (χ1) is 10.6. The lowest BCUT2D eigenvalue weighted by atomic mass is 10.2. The van der Waals surface area contributed by atoms with Gasteiger partial charge in [0.2, 0.25) is 0 Å². The minimum Gasteiger partial charge on any atom is -0.381 e. The third kappa shape index (κ3) is 3.54. The molecule has 2 aromatic heterocycles. The summed E-state index contributed by atoms with van der Waals surface area (Å²) < 4.78 is 2.89. The third-order valence-electron chi connectivity index (χ3n) is 3.19. The largest absolute Gasteiger partial charge is 0.381 e. The normalized spacial score (nSPS) is 12.3. The van der Waals surface area contributed by atoms with E-state index in [4.69, 9.17) is 0 Å². The fraction of sp³-hybridized carbons (Fsp3) is 0.267. The zero-order valence-electron chi connectivity index (χ0n) is 12.4.